The van der Waals surface area contributed by atoms with E-state index in [2.05, 4.69) is 37.6 Å². The summed E-state index contributed by atoms with van der Waals surface area (Å²) in [5.41, 5.74) is 3.65. The van der Waals surface area contributed by atoms with E-state index in [1.54, 1.807) is 11.3 Å². The SMILES string of the molecule is CCN1CCc2nc(NC(=O)c3n[nH]c4c3CNCC4)sc2C1.Cl. The van der Waals surface area contributed by atoms with Crippen LogP contribution in [0.1, 0.15) is 39.2 Å². The molecule has 130 valence electrons. The predicted molar refractivity (Wildman–Crippen MR) is 96.0 cm³/mol. The maximum Gasteiger partial charge on any atom is 0.278 e. The molecule has 1 amide bonds. The minimum absolute atomic E-state index is 0. The summed E-state index contributed by atoms with van der Waals surface area (Å²) in [6, 6.07) is 0. The molecule has 0 bridgehead atoms. The summed E-state index contributed by atoms with van der Waals surface area (Å²) in [5.74, 6) is -0.176. The third kappa shape index (κ3) is 3.19. The van der Waals surface area contributed by atoms with E-state index in [1.165, 1.54) is 4.88 Å². The number of carbonyl (C=O) groups excluding carboxylic acids is 1. The van der Waals surface area contributed by atoms with Crippen molar-refractivity contribution >= 4 is 34.8 Å². The number of nitrogens with one attached hydrogen (secondary N) is 3. The number of halogens is 1. The van der Waals surface area contributed by atoms with E-state index in [1.807, 2.05) is 0 Å². The van der Waals surface area contributed by atoms with Gasteiger partial charge in [-0.3, -0.25) is 20.1 Å². The Labute approximate surface area is 150 Å². The lowest BCUT2D eigenvalue weighted by atomic mass is 10.1. The predicted octanol–water partition coefficient (Wildman–Crippen LogP) is 1.56. The van der Waals surface area contributed by atoms with Crippen molar-refractivity contribution in [3.05, 3.63) is 27.5 Å². The van der Waals surface area contributed by atoms with Gasteiger partial charge in [-0.1, -0.05) is 6.92 Å². The van der Waals surface area contributed by atoms with Crippen LogP contribution in [-0.4, -0.2) is 45.6 Å². The fraction of sp³-hybridized carbons (Fsp3) is 0.533. The molecule has 0 spiro atoms. The van der Waals surface area contributed by atoms with Crippen molar-refractivity contribution in [1.82, 2.24) is 25.4 Å². The average Bonchev–Trinajstić information content (AvgIpc) is 3.17. The second-order valence-corrected chi connectivity index (χ2v) is 7.00. The van der Waals surface area contributed by atoms with Gasteiger partial charge in [-0.25, -0.2) is 4.98 Å². The van der Waals surface area contributed by atoms with E-state index in [0.29, 0.717) is 17.4 Å². The first kappa shape index (κ1) is 17.3. The van der Waals surface area contributed by atoms with Gasteiger partial charge in [0.1, 0.15) is 0 Å². The number of hydrogen-bond acceptors (Lipinski definition) is 6. The van der Waals surface area contributed by atoms with Gasteiger partial charge < -0.3 is 5.32 Å². The lowest BCUT2D eigenvalue weighted by Crippen LogP contribution is -2.29. The molecule has 2 aromatic heterocycles. The Hall–Kier alpha value is -1.48. The van der Waals surface area contributed by atoms with Crippen LogP contribution < -0.4 is 10.6 Å². The Balaban J connectivity index is 0.00000169. The molecule has 9 heteroatoms. The van der Waals surface area contributed by atoms with Gasteiger partial charge in [-0.15, -0.1) is 23.7 Å². The molecule has 0 fully saturated rings. The van der Waals surface area contributed by atoms with Crippen LogP contribution in [0.2, 0.25) is 0 Å². The van der Waals surface area contributed by atoms with Gasteiger partial charge in [0.25, 0.3) is 5.91 Å². The molecule has 2 aliphatic heterocycles. The number of carbonyl (C=O) groups is 1. The van der Waals surface area contributed by atoms with Crippen molar-refractivity contribution in [3.63, 3.8) is 0 Å². The number of anilines is 1. The summed E-state index contributed by atoms with van der Waals surface area (Å²) in [7, 11) is 0. The van der Waals surface area contributed by atoms with Crippen molar-refractivity contribution in [2.45, 2.75) is 32.9 Å². The van der Waals surface area contributed by atoms with Gasteiger partial charge in [-0.05, 0) is 6.54 Å². The Bertz CT molecular complexity index is 742. The maximum absolute atomic E-state index is 12.5. The molecule has 3 N–H and O–H groups in total. The normalized spacial score (nSPS) is 16.9. The number of aromatic nitrogens is 3. The Morgan fingerprint density at radius 3 is 3.12 bits per heavy atom. The van der Waals surface area contributed by atoms with E-state index in [0.717, 1.165) is 56.0 Å². The summed E-state index contributed by atoms with van der Waals surface area (Å²) in [6.45, 7) is 6.80. The highest BCUT2D eigenvalue weighted by molar-refractivity contribution is 7.15. The molecule has 4 rings (SSSR count). The highest BCUT2D eigenvalue weighted by Crippen LogP contribution is 2.28. The van der Waals surface area contributed by atoms with E-state index in [9.17, 15) is 4.79 Å². The summed E-state index contributed by atoms with van der Waals surface area (Å²) in [6.07, 6.45) is 1.84. The van der Waals surface area contributed by atoms with Gasteiger partial charge >= 0.3 is 0 Å². The minimum atomic E-state index is -0.176. The van der Waals surface area contributed by atoms with Crippen molar-refractivity contribution in [1.29, 1.82) is 0 Å². The maximum atomic E-state index is 12.5. The first-order chi connectivity index (χ1) is 11.2. The number of aromatic amines is 1. The lowest BCUT2D eigenvalue weighted by Gasteiger charge is -2.23. The van der Waals surface area contributed by atoms with E-state index in [4.69, 9.17) is 0 Å². The Morgan fingerprint density at radius 1 is 1.42 bits per heavy atom. The average molecular weight is 369 g/mol. The van der Waals surface area contributed by atoms with Crippen LogP contribution in [0.5, 0.6) is 0 Å². The first-order valence-corrected chi connectivity index (χ1v) is 8.85. The third-order valence-corrected chi connectivity index (χ3v) is 5.50. The van der Waals surface area contributed by atoms with Gasteiger partial charge in [0, 0.05) is 55.2 Å². The minimum Gasteiger partial charge on any atom is -0.312 e. The number of nitrogens with zero attached hydrogens (tertiary/aromatic N) is 3. The number of hydrogen-bond donors (Lipinski definition) is 3. The zero-order valence-electron chi connectivity index (χ0n) is 13.5. The fourth-order valence-corrected chi connectivity index (χ4v) is 4.19. The van der Waals surface area contributed by atoms with Crippen LogP contribution in [0.25, 0.3) is 0 Å². The highest BCUT2D eigenvalue weighted by atomic mass is 35.5. The number of likely N-dealkylation sites (N-methyl/N-ethyl adjacent to an activating group) is 1. The molecule has 4 heterocycles. The van der Waals surface area contributed by atoms with E-state index in [-0.39, 0.29) is 18.3 Å². The van der Waals surface area contributed by atoms with E-state index < -0.39 is 0 Å². The van der Waals surface area contributed by atoms with Crippen LogP contribution >= 0.6 is 23.7 Å². The number of thiazole rings is 1. The number of amides is 1. The molecule has 0 atom stereocenters. The molecule has 2 aromatic rings. The second kappa shape index (κ2) is 7.18. The molecule has 24 heavy (non-hydrogen) atoms. The smallest absolute Gasteiger partial charge is 0.278 e. The third-order valence-electron chi connectivity index (χ3n) is 4.50. The molecule has 0 unspecified atom stereocenters. The molecule has 0 aliphatic carbocycles. The standard InChI is InChI=1S/C15H20N6OS.ClH/c1-2-21-6-4-11-12(8-21)23-15(17-11)18-14(22)13-9-7-16-5-3-10(9)19-20-13;/h16H,2-8H2,1H3,(H,19,20)(H,17,18,22);1H. The number of fused-ring (bicyclic) bond motifs is 2. The van der Waals surface area contributed by atoms with Crippen LogP contribution in [0, 0.1) is 0 Å². The van der Waals surface area contributed by atoms with Crippen molar-refractivity contribution in [2.24, 2.45) is 0 Å². The molecule has 0 saturated heterocycles. The largest absolute Gasteiger partial charge is 0.312 e. The second-order valence-electron chi connectivity index (χ2n) is 5.92. The number of H-pyrrole nitrogens is 1. The van der Waals surface area contributed by atoms with Crippen LogP contribution in [0.3, 0.4) is 0 Å². The molecule has 7 nitrogen and oxygen atoms in total. The molecular formula is C15H21ClN6OS. The molecular weight excluding hydrogens is 348 g/mol. The van der Waals surface area contributed by atoms with Gasteiger partial charge in [0.05, 0.1) is 5.69 Å². The monoisotopic (exact) mass is 368 g/mol. The quantitative estimate of drug-likeness (QED) is 0.765. The highest BCUT2D eigenvalue weighted by Gasteiger charge is 2.24. The van der Waals surface area contributed by atoms with Crippen LogP contribution in [-0.2, 0) is 25.9 Å². The molecule has 2 aliphatic rings. The van der Waals surface area contributed by atoms with Gasteiger partial charge in [0.2, 0.25) is 0 Å². The summed E-state index contributed by atoms with van der Waals surface area (Å²) >= 11 is 1.58. The summed E-state index contributed by atoms with van der Waals surface area (Å²) in [5, 5.41) is 14.1. The van der Waals surface area contributed by atoms with Gasteiger partial charge in [-0.2, -0.15) is 5.10 Å². The fourth-order valence-electron chi connectivity index (χ4n) is 3.14. The molecule has 0 radical (unpaired) electrons. The molecule has 0 saturated carbocycles. The van der Waals surface area contributed by atoms with Crippen molar-refractivity contribution < 1.29 is 4.79 Å². The zero-order chi connectivity index (χ0) is 15.8. The van der Waals surface area contributed by atoms with Crippen LogP contribution in [0.15, 0.2) is 0 Å². The van der Waals surface area contributed by atoms with Crippen molar-refractivity contribution in [3.8, 4) is 0 Å². The Morgan fingerprint density at radius 2 is 2.29 bits per heavy atom. The number of rotatable bonds is 3. The Kier molecular flexibility index (Phi) is 5.19. The van der Waals surface area contributed by atoms with Crippen molar-refractivity contribution in [2.75, 3.05) is 25.0 Å². The van der Waals surface area contributed by atoms with E-state index >= 15 is 0 Å². The first-order valence-electron chi connectivity index (χ1n) is 8.03. The summed E-state index contributed by atoms with van der Waals surface area (Å²) < 4.78 is 0. The topological polar surface area (TPSA) is 85.9 Å². The lowest BCUT2D eigenvalue weighted by molar-refractivity contribution is 0.102. The van der Waals surface area contributed by atoms with Crippen LogP contribution in [0.4, 0.5) is 5.13 Å². The zero-order valence-corrected chi connectivity index (χ0v) is 15.1. The summed E-state index contributed by atoms with van der Waals surface area (Å²) in [4.78, 5) is 20.8. The molecule has 0 aromatic carbocycles. The van der Waals surface area contributed by atoms with Gasteiger partial charge in [0.15, 0.2) is 10.8 Å².